The van der Waals surface area contributed by atoms with E-state index >= 15 is 0 Å². The Labute approximate surface area is 132 Å². The van der Waals surface area contributed by atoms with Gasteiger partial charge in [0.2, 0.25) is 5.91 Å². The van der Waals surface area contributed by atoms with Gasteiger partial charge in [-0.2, -0.15) is 0 Å². The molecule has 3 N–H and O–H groups in total. The molecule has 19 heavy (non-hydrogen) atoms. The van der Waals surface area contributed by atoms with Crippen LogP contribution in [-0.4, -0.2) is 11.4 Å². The van der Waals surface area contributed by atoms with E-state index in [9.17, 15) is 4.79 Å². The first-order chi connectivity index (χ1) is 8.51. The van der Waals surface area contributed by atoms with Crippen molar-refractivity contribution in [3.63, 3.8) is 0 Å². The summed E-state index contributed by atoms with van der Waals surface area (Å²) in [5.74, 6) is -0.101. The second-order valence-electron chi connectivity index (χ2n) is 4.80. The predicted octanol–water partition coefficient (Wildman–Crippen LogP) is 4.12. The van der Waals surface area contributed by atoms with Gasteiger partial charge in [-0.25, -0.2) is 0 Å². The van der Waals surface area contributed by atoms with Crippen molar-refractivity contribution >= 4 is 51.5 Å². The van der Waals surface area contributed by atoms with E-state index < -0.39 is 5.54 Å². The molecule has 0 heterocycles. The Balaban J connectivity index is 0.00000180. The number of anilines is 1. The van der Waals surface area contributed by atoms with Gasteiger partial charge < -0.3 is 11.1 Å². The van der Waals surface area contributed by atoms with Gasteiger partial charge in [0, 0.05) is 10.2 Å². The molecule has 1 amide bonds. The predicted molar refractivity (Wildman–Crippen MR) is 85.0 cm³/mol. The average molecular weight is 368 g/mol. The molecule has 6 heteroatoms. The van der Waals surface area contributed by atoms with Gasteiger partial charge in [0.15, 0.2) is 0 Å². The van der Waals surface area contributed by atoms with Crippen LogP contribution in [0.1, 0.15) is 32.1 Å². The molecule has 0 spiro atoms. The smallest absolute Gasteiger partial charge is 0.244 e. The number of benzene rings is 1. The maximum Gasteiger partial charge on any atom is 0.244 e. The van der Waals surface area contributed by atoms with E-state index in [4.69, 9.17) is 17.3 Å². The second kappa shape index (κ2) is 6.93. The monoisotopic (exact) mass is 366 g/mol. The molecule has 0 unspecified atom stereocenters. The highest BCUT2D eigenvalue weighted by Gasteiger charge is 2.35. The number of rotatable bonds is 2. The maximum atomic E-state index is 12.2. The van der Waals surface area contributed by atoms with Crippen LogP contribution in [0.15, 0.2) is 22.7 Å². The molecule has 1 saturated carbocycles. The summed E-state index contributed by atoms with van der Waals surface area (Å²) in [5, 5.41) is 3.49. The summed E-state index contributed by atoms with van der Waals surface area (Å²) in [7, 11) is 0. The normalized spacial score (nSPS) is 17.4. The number of hydrogen-bond donors (Lipinski definition) is 2. The van der Waals surface area contributed by atoms with Crippen LogP contribution in [-0.2, 0) is 4.79 Å². The van der Waals surface area contributed by atoms with Crippen LogP contribution in [0.2, 0.25) is 5.02 Å². The molecular formula is C13H17BrCl2N2O. The zero-order chi connectivity index (χ0) is 13.2. The third-order valence-electron chi connectivity index (χ3n) is 3.38. The van der Waals surface area contributed by atoms with Crippen molar-refractivity contribution < 1.29 is 4.79 Å². The van der Waals surface area contributed by atoms with Crippen LogP contribution < -0.4 is 11.1 Å². The Kier molecular flexibility index (Phi) is 6.12. The maximum absolute atomic E-state index is 12.2. The van der Waals surface area contributed by atoms with Crippen LogP contribution in [0.3, 0.4) is 0 Å². The molecule has 0 aromatic heterocycles. The Hall–Kier alpha value is -0.290. The lowest BCUT2D eigenvalue weighted by molar-refractivity contribution is -0.122. The zero-order valence-electron chi connectivity index (χ0n) is 10.4. The van der Waals surface area contributed by atoms with E-state index in [1.54, 1.807) is 18.2 Å². The number of nitrogens with one attached hydrogen (secondary N) is 1. The molecule has 2 rings (SSSR count). The van der Waals surface area contributed by atoms with Gasteiger partial charge in [0.25, 0.3) is 0 Å². The van der Waals surface area contributed by atoms with Crippen LogP contribution in [0, 0.1) is 0 Å². The fourth-order valence-corrected chi connectivity index (χ4v) is 2.74. The third kappa shape index (κ3) is 4.09. The minimum Gasteiger partial charge on any atom is -0.324 e. The van der Waals surface area contributed by atoms with Gasteiger partial charge in [-0.15, -0.1) is 12.4 Å². The topological polar surface area (TPSA) is 55.1 Å². The summed E-state index contributed by atoms with van der Waals surface area (Å²) in [6.07, 6.45) is 4.72. The van der Waals surface area contributed by atoms with E-state index in [1.165, 1.54) is 6.42 Å². The summed E-state index contributed by atoms with van der Waals surface area (Å²) < 4.78 is 0.761. The van der Waals surface area contributed by atoms with Crippen molar-refractivity contribution in [3.8, 4) is 0 Å². The van der Waals surface area contributed by atoms with Crippen LogP contribution in [0.5, 0.6) is 0 Å². The molecular weight excluding hydrogens is 351 g/mol. The molecule has 1 aliphatic carbocycles. The molecule has 1 aromatic rings. The van der Waals surface area contributed by atoms with E-state index in [-0.39, 0.29) is 18.3 Å². The highest BCUT2D eigenvalue weighted by molar-refractivity contribution is 9.10. The van der Waals surface area contributed by atoms with Gasteiger partial charge in [0.05, 0.1) is 10.6 Å². The van der Waals surface area contributed by atoms with Crippen molar-refractivity contribution in [2.24, 2.45) is 5.73 Å². The lowest BCUT2D eigenvalue weighted by atomic mass is 9.82. The Bertz CT molecular complexity index is 462. The van der Waals surface area contributed by atoms with Crippen molar-refractivity contribution in [1.29, 1.82) is 0 Å². The summed E-state index contributed by atoms with van der Waals surface area (Å²) in [6, 6.07) is 5.30. The first-order valence-corrected chi connectivity index (χ1v) is 7.24. The molecule has 1 aromatic carbocycles. The fraction of sp³-hybridized carbons (Fsp3) is 0.462. The molecule has 0 atom stereocenters. The largest absolute Gasteiger partial charge is 0.324 e. The highest BCUT2D eigenvalue weighted by atomic mass is 79.9. The molecule has 0 aliphatic heterocycles. The summed E-state index contributed by atoms with van der Waals surface area (Å²) >= 11 is 9.24. The quantitative estimate of drug-likeness (QED) is 0.825. The summed E-state index contributed by atoms with van der Waals surface area (Å²) in [6.45, 7) is 0. The molecule has 0 saturated heterocycles. The third-order valence-corrected chi connectivity index (χ3v) is 4.59. The van der Waals surface area contributed by atoms with E-state index in [0.29, 0.717) is 10.7 Å². The van der Waals surface area contributed by atoms with Gasteiger partial charge in [0.1, 0.15) is 0 Å². The van der Waals surface area contributed by atoms with Crippen molar-refractivity contribution in [1.82, 2.24) is 0 Å². The van der Waals surface area contributed by atoms with Crippen molar-refractivity contribution in [2.45, 2.75) is 37.6 Å². The Morgan fingerprint density at radius 3 is 2.53 bits per heavy atom. The Morgan fingerprint density at radius 2 is 1.95 bits per heavy atom. The SMILES string of the molecule is Cl.NC1(C(=O)Nc2ccc(Cl)c(Br)c2)CCCCC1. The number of amides is 1. The minimum absolute atomic E-state index is 0. The van der Waals surface area contributed by atoms with Crippen molar-refractivity contribution in [3.05, 3.63) is 27.7 Å². The van der Waals surface area contributed by atoms with Gasteiger partial charge in [-0.3, -0.25) is 4.79 Å². The standard InChI is InChI=1S/C13H16BrClN2O.ClH/c14-10-8-9(4-5-11(10)15)17-12(18)13(16)6-2-1-3-7-13;/h4-5,8H,1-3,6-7,16H2,(H,17,18);1H. The van der Waals surface area contributed by atoms with Crippen LogP contribution in [0.25, 0.3) is 0 Å². The first kappa shape index (κ1) is 16.8. The van der Waals surface area contributed by atoms with Gasteiger partial charge >= 0.3 is 0 Å². The summed E-state index contributed by atoms with van der Waals surface area (Å²) in [5.41, 5.74) is 6.17. The van der Waals surface area contributed by atoms with Crippen LogP contribution in [0.4, 0.5) is 5.69 Å². The van der Waals surface area contributed by atoms with E-state index in [2.05, 4.69) is 21.2 Å². The minimum atomic E-state index is -0.718. The average Bonchev–Trinajstić information content (AvgIpc) is 2.35. The lowest BCUT2D eigenvalue weighted by Gasteiger charge is -2.31. The fourth-order valence-electron chi connectivity index (χ4n) is 2.24. The zero-order valence-corrected chi connectivity index (χ0v) is 13.6. The molecule has 1 fully saturated rings. The molecule has 1 aliphatic rings. The molecule has 3 nitrogen and oxygen atoms in total. The molecule has 0 radical (unpaired) electrons. The molecule has 106 valence electrons. The summed E-state index contributed by atoms with van der Waals surface area (Å²) in [4.78, 5) is 12.2. The Morgan fingerprint density at radius 1 is 1.32 bits per heavy atom. The highest BCUT2D eigenvalue weighted by Crippen LogP contribution is 2.29. The van der Waals surface area contributed by atoms with Gasteiger partial charge in [-0.05, 0) is 47.0 Å². The first-order valence-electron chi connectivity index (χ1n) is 6.07. The second-order valence-corrected chi connectivity index (χ2v) is 6.06. The van der Waals surface area contributed by atoms with E-state index in [0.717, 1.165) is 30.2 Å². The van der Waals surface area contributed by atoms with Gasteiger partial charge in [-0.1, -0.05) is 30.9 Å². The molecule has 0 bridgehead atoms. The lowest BCUT2D eigenvalue weighted by Crippen LogP contribution is -2.52. The van der Waals surface area contributed by atoms with Crippen molar-refractivity contribution in [2.75, 3.05) is 5.32 Å². The number of carbonyl (C=O) groups is 1. The number of nitrogens with two attached hydrogens (primary N) is 1. The van der Waals surface area contributed by atoms with E-state index in [1.807, 2.05) is 0 Å². The number of hydrogen-bond acceptors (Lipinski definition) is 2. The number of halogens is 3. The number of carbonyl (C=O) groups excluding carboxylic acids is 1. The van der Waals surface area contributed by atoms with Crippen LogP contribution >= 0.6 is 39.9 Å².